The second-order valence-electron chi connectivity index (χ2n) is 2.62. The Morgan fingerprint density at radius 2 is 2.21 bits per heavy atom. The van der Waals surface area contributed by atoms with Gasteiger partial charge >= 0.3 is 5.97 Å². The highest BCUT2D eigenvalue weighted by Gasteiger charge is 2.26. The number of halogens is 1. The van der Waals surface area contributed by atoms with Gasteiger partial charge in [-0.2, -0.15) is 0 Å². The van der Waals surface area contributed by atoms with Crippen molar-refractivity contribution in [2.45, 2.75) is 0 Å². The van der Waals surface area contributed by atoms with Gasteiger partial charge in [-0.15, -0.1) is 0 Å². The Kier molecular flexibility index (Phi) is 2.14. The molecule has 2 N–H and O–H groups in total. The summed E-state index contributed by atoms with van der Waals surface area (Å²) < 4.78 is 10.4. The minimum atomic E-state index is -1.19. The van der Waals surface area contributed by atoms with E-state index in [4.69, 9.17) is 14.6 Å². The molecule has 5 nitrogen and oxygen atoms in total. The molecule has 1 aliphatic heterocycles. The van der Waals surface area contributed by atoms with Gasteiger partial charge in [0.2, 0.25) is 12.5 Å². The Morgan fingerprint density at radius 3 is 2.86 bits per heavy atom. The van der Waals surface area contributed by atoms with Crippen LogP contribution in [0.4, 0.5) is 0 Å². The molecule has 0 unspecified atom stereocenters. The van der Waals surface area contributed by atoms with Gasteiger partial charge in [-0.3, -0.25) is 0 Å². The molecule has 6 heteroatoms. The topological polar surface area (TPSA) is 76.0 Å². The van der Waals surface area contributed by atoms with Crippen LogP contribution in [0.2, 0.25) is 0 Å². The molecule has 1 aliphatic rings. The van der Waals surface area contributed by atoms with E-state index in [1.807, 2.05) is 22.6 Å². The highest BCUT2D eigenvalue weighted by atomic mass is 127. The predicted molar refractivity (Wildman–Crippen MR) is 53.9 cm³/mol. The lowest BCUT2D eigenvalue weighted by Gasteiger charge is -2.05. The zero-order valence-corrected chi connectivity index (χ0v) is 8.94. The maximum absolute atomic E-state index is 10.8. The normalized spacial score (nSPS) is 12.9. The number of aromatic carboxylic acids is 1. The number of aromatic hydroxyl groups is 1. The Balaban J connectivity index is 2.68. The number of fused-ring (bicyclic) bond motifs is 1. The summed E-state index contributed by atoms with van der Waals surface area (Å²) in [6.45, 7) is 0.00203. The predicted octanol–water partition coefficient (Wildman–Crippen LogP) is 1.42. The number of ether oxygens (including phenoxy) is 2. The summed E-state index contributed by atoms with van der Waals surface area (Å²) in [5.74, 6) is -1.10. The summed E-state index contributed by atoms with van der Waals surface area (Å²) in [6.07, 6.45) is 0. The molecular formula is C8H5IO5. The van der Waals surface area contributed by atoms with Gasteiger partial charge in [-0.25, -0.2) is 4.79 Å². The summed E-state index contributed by atoms with van der Waals surface area (Å²) in [5, 5.41) is 18.4. The van der Waals surface area contributed by atoms with Crippen LogP contribution in [0.5, 0.6) is 17.2 Å². The Morgan fingerprint density at radius 1 is 1.50 bits per heavy atom. The molecule has 0 amide bonds. The lowest BCUT2D eigenvalue weighted by Crippen LogP contribution is -2.00. The fraction of sp³-hybridized carbons (Fsp3) is 0.125. The third-order valence-electron chi connectivity index (χ3n) is 1.80. The molecule has 1 aromatic rings. The van der Waals surface area contributed by atoms with Gasteiger partial charge < -0.3 is 19.7 Å². The first kappa shape index (κ1) is 9.38. The first-order chi connectivity index (χ1) is 6.61. The first-order valence-corrected chi connectivity index (χ1v) is 4.73. The van der Waals surface area contributed by atoms with Crippen LogP contribution < -0.4 is 9.47 Å². The molecule has 0 atom stereocenters. The van der Waals surface area contributed by atoms with Crippen molar-refractivity contribution in [2.75, 3.05) is 6.79 Å². The van der Waals surface area contributed by atoms with Crippen LogP contribution in [0, 0.1) is 3.57 Å². The van der Waals surface area contributed by atoms with Crippen LogP contribution in [-0.2, 0) is 0 Å². The van der Waals surface area contributed by atoms with Crippen molar-refractivity contribution >= 4 is 28.6 Å². The van der Waals surface area contributed by atoms with Gasteiger partial charge in [0.1, 0.15) is 5.56 Å². The molecule has 74 valence electrons. The number of carboxylic acids is 1. The summed E-state index contributed by atoms with van der Waals surface area (Å²) in [7, 11) is 0. The maximum atomic E-state index is 10.8. The summed E-state index contributed by atoms with van der Waals surface area (Å²) >= 11 is 1.82. The molecule has 0 aliphatic carbocycles. The van der Waals surface area contributed by atoms with Crippen LogP contribution in [0.15, 0.2) is 6.07 Å². The minimum Gasteiger partial charge on any atom is -0.504 e. The van der Waals surface area contributed by atoms with Crippen LogP contribution in [-0.4, -0.2) is 23.0 Å². The number of hydrogen-bond donors (Lipinski definition) is 2. The fourth-order valence-corrected chi connectivity index (χ4v) is 1.97. The molecule has 1 heterocycles. The van der Waals surface area contributed by atoms with E-state index in [0.29, 0.717) is 9.32 Å². The molecule has 0 aromatic heterocycles. The molecule has 1 aromatic carbocycles. The van der Waals surface area contributed by atoms with Crippen molar-refractivity contribution in [1.82, 2.24) is 0 Å². The summed E-state index contributed by atoms with van der Waals surface area (Å²) in [5.41, 5.74) is -0.158. The lowest BCUT2D eigenvalue weighted by molar-refractivity contribution is 0.0691. The van der Waals surface area contributed by atoms with Gasteiger partial charge in [0.25, 0.3) is 0 Å². The van der Waals surface area contributed by atoms with E-state index in [1.165, 1.54) is 6.07 Å². The largest absolute Gasteiger partial charge is 0.504 e. The highest BCUT2D eigenvalue weighted by Crippen LogP contribution is 2.44. The summed E-state index contributed by atoms with van der Waals surface area (Å²) in [6, 6.07) is 1.52. The maximum Gasteiger partial charge on any atom is 0.340 e. The number of carbonyl (C=O) groups is 1. The zero-order chi connectivity index (χ0) is 10.3. The number of hydrogen-bond acceptors (Lipinski definition) is 4. The van der Waals surface area contributed by atoms with Crippen molar-refractivity contribution in [3.63, 3.8) is 0 Å². The third kappa shape index (κ3) is 1.26. The van der Waals surface area contributed by atoms with Crippen LogP contribution >= 0.6 is 22.6 Å². The van der Waals surface area contributed by atoms with Crippen LogP contribution in [0.3, 0.4) is 0 Å². The quantitative estimate of drug-likeness (QED) is 0.768. The average molecular weight is 308 g/mol. The molecule has 0 saturated carbocycles. The van der Waals surface area contributed by atoms with Crippen molar-refractivity contribution in [3.8, 4) is 17.2 Å². The standard InChI is InChI=1S/C8H5IO5/c9-3-1-4-7(14-2-13-4)6(10)5(3)8(11)12/h1,10H,2H2,(H,11,12). The number of benzene rings is 1. The van der Waals surface area contributed by atoms with Crippen molar-refractivity contribution in [2.24, 2.45) is 0 Å². The van der Waals surface area contributed by atoms with Crippen molar-refractivity contribution in [3.05, 3.63) is 15.2 Å². The second kappa shape index (κ2) is 3.19. The van der Waals surface area contributed by atoms with E-state index in [-0.39, 0.29) is 23.9 Å². The van der Waals surface area contributed by atoms with Gasteiger partial charge in [0, 0.05) is 3.57 Å². The molecular weight excluding hydrogens is 303 g/mol. The molecule has 0 radical (unpaired) electrons. The smallest absolute Gasteiger partial charge is 0.340 e. The van der Waals surface area contributed by atoms with E-state index in [2.05, 4.69) is 0 Å². The van der Waals surface area contributed by atoms with E-state index < -0.39 is 5.97 Å². The summed E-state index contributed by atoms with van der Waals surface area (Å²) in [4.78, 5) is 10.8. The second-order valence-corrected chi connectivity index (χ2v) is 3.78. The van der Waals surface area contributed by atoms with Gasteiger partial charge in [-0.05, 0) is 28.7 Å². The van der Waals surface area contributed by atoms with Crippen molar-refractivity contribution < 1.29 is 24.5 Å². The number of phenols is 1. The van der Waals surface area contributed by atoms with E-state index >= 15 is 0 Å². The van der Waals surface area contributed by atoms with E-state index in [9.17, 15) is 9.90 Å². The molecule has 0 spiro atoms. The monoisotopic (exact) mass is 308 g/mol. The van der Waals surface area contributed by atoms with Crippen LogP contribution in [0.1, 0.15) is 10.4 Å². The molecule has 0 saturated heterocycles. The van der Waals surface area contributed by atoms with Crippen molar-refractivity contribution in [1.29, 1.82) is 0 Å². The fourth-order valence-electron chi connectivity index (χ4n) is 1.20. The number of rotatable bonds is 1. The van der Waals surface area contributed by atoms with E-state index in [0.717, 1.165) is 0 Å². The zero-order valence-electron chi connectivity index (χ0n) is 6.78. The molecule has 14 heavy (non-hydrogen) atoms. The first-order valence-electron chi connectivity index (χ1n) is 3.65. The lowest BCUT2D eigenvalue weighted by atomic mass is 10.2. The molecule has 0 fully saturated rings. The van der Waals surface area contributed by atoms with Gasteiger partial charge in [0.15, 0.2) is 11.5 Å². The SMILES string of the molecule is O=C(O)c1c(I)cc2c(c1O)OCO2. The minimum absolute atomic E-state index is 0.00203. The number of carboxylic acid groups (broad SMARTS) is 1. The third-order valence-corrected chi connectivity index (χ3v) is 2.65. The average Bonchev–Trinajstić information content (AvgIpc) is 2.50. The van der Waals surface area contributed by atoms with Gasteiger partial charge in [0.05, 0.1) is 0 Å². The highest BCUT2D eigenvalue weighted by molar-refractivity contribution is 14.1. The Labute approximate surface area is 92.4 Å². The molecule has 2 rings (SSSR count). The van der Waals surface area contributed by atoms with Gasteiger partial charge in [-0.1, -0.05) is 0 Å². The molecule has 0 bridgehead atoms. The Hall–Kier alpha value is -1.18. The van der Waals surface area contributed by atoms with E-state index in [1.54, 1.807) is 0 Å². The Bertz CT molecular complexity index is 415. The van der Waals surface area contributed by atoms with Crippen LogP contribution in [0.25, 0.3) is 0 Å².